The molecule has 0 amide bonds. The summed E-state index contributed by atoms with van der Waals surface area (Å²) in [6.45, 7) is 0.454. The summed E-state index contributed by atoms with van der Waals surface area (Å²) in [5.41, 5.74) is 3.72. The molecule has 0 aliphatic rings. The van der Waals surface area contributed by atoms with Gasteiger partial charge in [0.2, 0.25) is 0 Å². The van der Waals surface area contributed by atoms with Gasteiger partial charge in [-0.2, -0.15) is 18.3 Å². The first-order chi connectivity index (χ1) is 15.0. The Kier molecular flexibility index (Phi) is 5.84. The highest BCUT2D eigenvalue weighted by Gasteiger charge is 2.30. The minimum absolute atomic E-state index is 0.222. The molecule has 7 heteroatoms. The smallest absolute Gasteiger partial charge is 0.417 e. The number of aromatic nitrogens is 1. The van der Waals surface area contributed by atoms with E-state index in [2.05, 4.69) is 33.7 Å². The number of alkyl halides is 3. The lowest BCUT2D eigenvalue weighted by Crippen LogP contribution is -2.05. The predicted molar refractivity (Wildman–Crippen MR) is 115 cm³/mol. The second-order valence-electron chi connectivity index (χ2n) is 6.80. The van der Waals surface area contributed by atoms with Crippen LogP contribution < -0.4 is 10.2 Å². The fraction of sp³-hybridized carbons (Fsp3) is 0.0833. The van der Waals surface area contributed by atoms with Gasteiger partial charge in [0.1, 0.15) is 18.2 Å². The number of hydrogen-bond acceptors (Lipinski definition) is 4. The number of pyridine rings is 1. The Morgan fingerprint density at radius 1 is 0.903 bits per heavy atom. The number of rotatable bonds is 6. The molecule has 0 bridgehead atoms. The van der Waals surface area contributed by atoms with Crippen molar-refractivity contribution in [1.82, 2.24) is 4.98 Å². The fourth-order valence-corrected chi connectivity index (χ4v) is 3.03. The molecule has 1 N–H and O–H groups in total. The van der Waals surface area contributed by atoms with E-state index in [1.54, 1.807) is 6.21 Å². The van der Waals surface area contributed by atoms with Gasteiger partial charge in [-0.25, -0.2) is 4.98 Å². The monoisotopic (exact) mass is 421 g/mol. The molecule has 3 aromatic carbocycles. The SMILES string of the molecule is FC(F)(F)c1ccc(N/N=C\c2ccc(OCc3cccc4ccccc34)cc2)nc1. The summed E-state index contributed by atoms with van der Waals surface area (Å²) in [5.74, 6) is 0.946. The van der Waals surface area contributed by atoms with Crippen LogP contribution in [-0.2, 0) is 12.8 Å². The summed E-state index contributed by atoms with van der Waals surface area (Å²) < 4.78 is 43.5. The Labute approximate surface area is 177 Å². The number of hydrogen-bond donors (Lipinski definition) is 1. The fourth-order valence-electron chi connectivity index (χ4n) is 3.03. The molecule has 1 aromatic heterocycles. The highest BCUT2D eigenvalue weighted by Crippen LogP contribution is 2.28. The van der Waals surface area contributed by atoms with Crippen LogP contribution in [0.3, 0.4) is 0 Å². The van der Waals surface area contributed by atoms with Gasteiger partial charge >= 0.3 is 6.18 Å². The molecule has 0 unspecified atom stereocenters. The minimum atomic E-state index is -4.41. The van der Waals surface area contributed by atoms with Crippen LogP contribution in [0.15, 0.2) is 90.2 Å². The second kappa shape index (κ2) is 8.87. The van der Waals surface area contributed by atoms with Crippen LogP contribution in [0.4, 0.5) is 19.0 Å². The van der Waals surface area contributed by atoms with Crippen LogP contribution >= 0.6 is 0 Å². The summed E-state index contributed by atoms with van der Waals surface area (Å²) in [7, 11) is 0. The number of nitrogens with one attached hydrogen (secondary N) is 1. The second-order valence-corrected chi connectivity index (χ2v) is 6.80. The van der Waals surface area contributed by atoms with Crippen LogP contribution in [-0.4, -0.2) is 11.2 Å². The highest BCUT2D eigenvalue weighted by molar-refractivity contribution is 5.85. The maximum Gasteiger partial charge on any atom is 0.417 e. The van der Waals surface area contributed by atoms with Gasteiger partial charge in [0.15, 0.2) is 0 Å². The van der Waals surface area contributed by atoms with E-state index < -0.39 is 11.7 Å². The molecule has 4 aromatic rings. The zero-order valence-corrected chi connectivity index (χ0v) is 16.3. The van der Waals surface area contributed by atoms with Crippen LogP contribution in [0.5, 0.6) is 5.75 Å². The standard InChI is InChI=1S/C24H18F3N3O/c25-24(26,27)20-10-13-23(28-15-20)30-29-14-17-8-11-21(12-9-17)31-16-19-6-3-5-18-4-1-2-7-22(18)19/h1-15H,16H2,(H,28,30)/b29-14-. The number of fused-ring (bicyclic) bond motifs is 1. The Morgan fingerprint density at radius 2 is 1.68 bits per heavy atom. The molecular weight excluding hydrogens is 403 g/mol. The quantitative estimate of drug-likeness (QED) is 0.294. The van der Waals surface area contributed by atoms with E-state index >= 15 is 0 Å². The topological polar surface area (TPSA) is 46.5 Å². The molecule has 4 nitrogen and oxygen atoms in total. The lowest BCUT2D eigenvalue weighted by atomic mass is 10.1. The molecular formula is C24H18F3N3O. The molecule has 4 rings (SSSR count). The molecule has 0 spiro atoms. The average Bonchev–Trinajstić information content (AvgIpc) is 2.78. The third-order valence-corrected chi connectivity index (χ3v) is 4.64. The number of anilines is 1. The largest absolute Gasteiger partial charge is 0.489 e. The van der Waals surface area contributed by atoms with Crippen molar-refractivity contribution in [2.45, 2.75) is 12.8 Å². The van der Waals surface area contributed by atoms with Crippen molar-refractivity contribution in [1.29, 1.82) is 0 Å². The molecule has 0 radical (unpaired) electrons. The molecule has 0 saturated carbocycles. The van der Waals surface area contributed by atoms with Gasteiger partial charge in [-0.1, -0.05) is 42.5 Å². The lowest BCUT2D eigenvalue weighted by Gasteiger charge is -2.09. The van der Waals surface area contributed by atoms with Crippen LogP contribution in [0.1, 0.15) is 16.7 Å². The van der Waals surface area contributed by atoms with E-state index in [4.69, 9.17) is 4.74 Å². The van der Waals surface area contributed by atoms with Crippen molar-refractivity contribution in [3.05, 3.63) is 102 Å². The highest BCUT2D eigenvalue weighted by atomic mass is 19.4. The maximum absolute atomic E-state index is 12.5. The van der Waals surface area contributed by atoms with E-state index in [0.717, 1.165) is 34.5 Å². The van der Waals surface area contributed by atoms with Crippen molar-refractivity contribution >= 4 is 22.8 Å². The Bertz CT molecular complexity index is 1180. The van der Waals surface area contributed by atoms with E-state index in [-0.39, 0.29) is 5.82 Å². The molecule has 0 saturated heterocycles. The van der Waals surface area contributed by atoms with Gasteiger partial charge in [-0.15, -0.1) is 0 Å². The van der Waals surface area contributed by atoms with Crippen molar-refractivity contribution in [3.63, 3.8) is 0 Å². The first-order valence-corrected chi connectivity index (χ1v) is 9.51. The van der Waals surface area contributed by atoms with E-state index in [1.807, 2.05) is 48.5 Å². The Morgan fingerprint density at radius 3 is 2.42 bits per heavy atom. The molecule has 0 aliphatic carbocycles. The number of halogens is 3. The van der Waals surface area contributed by atoms with E-state index in [0.29, 0.717) is 6.61 Å². The summed E-state index contributed by atoms with van der Waals surface area (Å²) in [6, 6.07) is 23.8. The van der Waals surface area contributed by atoms with Gasteiger partial charge in [0.25, 0.3) is 0 Å². The summed E-state index contributed by atoms with van der Waals surface area (Å²) in [6.07, 6.45) is -2.10. The first-order valence-electron chi connectivity index (χ1n) is 9.51. The van der Waals surface area contributed by atoms with Crippen molar-refractivity contribution in [2.75, 3.05) is 5.43 Å². The summed E-state index contributed by atoms with van der Waals surface area (Å²) >= 11 is 0. The van der Waals surface area contributed by atoms with Crippen LogP contribution in [0.25, 0.3) is 10.8 Å². The van der Waals surface area contributed by atoms with Gasteiger partial charge in [0.05, 0.1) is 11.8 Å². The minimum Gasteiger partial charge on any atom is -0.489 e. The Hall–Kier alpha value is -3.87. The average molecular weight is 421 g/mol. The van der Waals surface area contributed by atoms with Gasteiger partial charge < -0.3 is 4.74 Å². The lowest BCUT2D eigenvalue weighted by molar-refractivity contribution is -0.137. The van der Waals surface area contributed by atoms with Crippen molar-refractivity contribution in [2.24, 2.45) is 5.10 Å². The summed E-state index contributed by atoms with van der Waals surface area (Å²) in [5, 5.41) is 6.34. The third kappa shape index (κ3) is 5.19. The number of benzene rings is 3. The zero-order valence-electron chi connectivity index (χ0n) is 16.3. The number of nitrogens with zero attached hydrogens (tertiary/aromatic N) is 2. The molecule has 0 atom stereocenters. The first kappa shape index (κ1) is 20.4. The predicted octanol–water partition coefficient (Wildman–Crippen LogP) is 6.28. The molecule has 156 valence electrons. The number of ether oxygens (including phenoxy) is 1. The van der Waals surface area contributed by atoms with Crippen molar-refractivity contribution in [3.8, 4) is 5.75 Å². The molecule has 1 heterocycles. The molecule has 0 aliphatic heterocycles. The van der Waals surface area contributed by atoms with Gasteiger partial charge in [0, 0.05) is 6.20 Å². The summed E-state index contributed by atoms with van der Waals surface area (Å²) in [4.78, 5) is 3.70. The van der Waals surface area contributed by atoms with E-state index in [1.165, 1.54) is 11.5 Å². The third-order valence-electron chi connectivity index (χ3n) is 4.64. The maximum atomic E-state index is 12.5. The zero-order chi connectivity index (χ0) is 21.7. The molecule has 31 heavy (non-hydrogen) atoms. The van der Waals surface area contributed by atoms with E-state index in [9.17, 15) is 13.2 Å². The van der Waals surface area contributed by atoms with Crippen molar-refractivity contribution < 1.29 is 17.9 Å². The van der Waals surface area contributed by atoms with Crippen LogP contribution in [0.2, 0.25) is 0 Å². The Balaban J connectivity index is 1.34. The van der Waals surface area contributed by atoms with Gasteiger partial charge in [-0.05, 0) is 58.3 Å². The normalized spacial score (nSPS) is 11.7. The molecule has 0 fully saturated rings. The number of hydrazone groups is 1. The van der Waals surface area contributed by atoms with Gasteiger partial charge in [-0.3, -0.25) is 5.43 Å². The van der Waals surface area contributed by atoms with Crippen LogP contribution in [0, 0.1) is 0 Å².